The molecule has 72 valence electrons. The SMILES string of the molecule is CCC(O)C(C)c1ncccc1Cl. The number of aliphatic hydroxyl groups is 1. The average Bonchev–Trinajstić information content (AvgIpc) is 2.16. The highest BCUT2D eigenvalue weighted by Gasteiger charge is 2.17. The Morgan fingerprint density at radius 1 is 1.62 bits per heavy atom. The molecular formula is C10H14ClNO. The molecule has 0 saturated carbocycles. The summed E-state index contributed by atoms with van der Waals surface area (Å²) in [6.07, 6.45) is 2.04. The third-order valence-corrected chi connectivity index (χ3v) is 2.53. The highest BCUT2D eigenvalue weighted by Crippen LogP contribution is 2.25. The van der Waals surface area contributed by atoms with Gasteiger partial charge in [0.05, 0.1) is 16.8 Å². The van der Waals surface area contributed by atoms with Crippen molar-refractivity contribution in [2.24, 2.45) is 0 Å². The van der Waals surface area contributed by atoms with E-state index in [2.05, 4.69) is 4.98 Å². The van der Waals surface area contributed by atoms with Crippen LogP contribution in [0.4, 0.5) is 0 Å². The van der Waals surface area contributed by atoms with Gasteiger partial charge in [0.1, 0.15) is 0 Å². The van der Waals surface area contributed by atoms with Gasteiger partial charge in [-0.15, -0.1) is 0 Å². The molecule has 0 aliphatic rings. The topological polar surface area (TPSA) is 33.1 Å². The second-order valence-electron chi connectivity index (χ2n) is 3.13. The lowest BCUT2D eigenvalue weighted by Crippen LogP contribution is -2.15. The Hall–Kier alpha value is -0.600. The quantitative estimate of drug-likeness (QED) is 0.812. The van der Waals surface area contributed by atoms with Crippen LogP contribution in [0.5, 0.6) is 0 Å². The fraction of sp³-hybridized carbons (Fsp3) is 0.500. The molecule has 0 fully saturated rings. The predicted octanol–water partition coefficient (Wildman–Crippen LogP) is 2.61. The summed E-state index contributed by atoms with van der Waals surface area (Å²) in [5.41, 5.74) is 0.776. The Morgan fingerprint density at radius 2 is 2.31 bits per heavy atom. The number of aromatic nitrogens is 1. The molecule has 1 heterocycles. The highest BCUT2D eigenvalue weighted by molar-refractivity contribution is 6.31. The summed E-state index contributed by atoms with van der Waals surface area (Å²) < 4.78 is 0. The van der Waals surface area contributed by atoms with E-state index in [4.69, 9.17) is 11.6 Å². The van der Waals surface area contributed by atoms with Crippen molar-refractivity contribution in [3.8, 4) is 0 Å². The van der Waals surface area contributed by atoms with Crippen LogP contribution >= 0.6 is 11.6 Å². The molecule has 2 atom stereocenters. The van der Waals surface area contributed by atoms with Gasteiger partial charge in [0.25, 0.3) is 0 Å². The maximum atomic E-state index is 9.61. The number of nitrogens with zero attached hydrogens (tertiary/aromatic N) is 1. The highest BCUT2D eigenvalue weighted by atomic mass is 35.5. The zero-order chi connectivity index (χ0) is 9.84. The van der Waals surface area contributed by atoms with E-state index in [9.17, 15) is 5.11 Å². The van der Waals surface area contributed by atoms with Gasteiger partial charge in [-0.05, 0) is 18.6 Å². The summed E-state index contributed by atoms with van der Waals surface area (Å²) in [6.45, 7) is 3.88. The summed E-state index contributed by atoms with van der Waals surface area (Å²) in [5, 5.41) is 10.2. The molecule has 0 spiro atoms. The van der Waals surface area contributed by atoms with E-state index in [0.717, 1.165) is 5.69 Å². The van der Waals surface area contributed by atoms with Crippen molar-refractivity contribution in [1.29, 1.82) is 0 Å². The van der Waals surface area contributed by atoms with Gasteiger partial charge in [0.15, 0.2) is 0 Å². The molecule has 0 radical (unpaired) electrons. The third-order valence-electron chi connectivity index (χ3n) is 2.21. The summed E-state index contributed by atoms with van der Waals surface area (Å²) in [4.78, 5) is 4.16. The normalized spacial score (nSPS) is 15.4. The van der Waals surface area contributed by atoms with Crippen molar-refractivity contribution >= 4 is 11.6 Å². The van der Waals surface area contributed by atoms with Crippen LogP contribution in [0.1, 0.15) is 31.9 Å². The van der Waals surface area contributed by atoms with E-state index in [1.807, 2.05) is 13.8 Å². The minimum atomic E-state index is -0.368. The Kier molecular flexibility index (Phi) is 3.70. The molecule has 0 amide bonds. The Balaban J connectivity index is 2.88. The first-order chi connectivity index (χ1) is 6.16. The van der Waals surface area contributed by atoms with Crippen molar-refractivity contribution in [3.63, 3.8) is 0 Å². The van der Waals surface area contributed by atoms with Gasteiger partial charge in [-0.3, -0.25) is 4.98 Å². The fourth-order valence-corrected chi connectivity index (χ4v) is 1.56. The molecule has 2 unspecified atom stereocenters. The molecular weight excluding hydrogens is 186 g/mol. The first-order valence-electron chi connectivity index (χ1n) is 4.45. The van der Waals surface area contributed by atoms with Crippen LogP contribution in [0.2, 0.25) is 5.02 Å². The van der Waals surface area contributed by atoms with Crippen LogP contribution in [-0.4, -0.2) is 16.2 Å². The number of halogens is 1. The third kappa shape index (κ3) is 2.42. The summed E-state index contributed by atoms with van der Waals surface area (Å²) >= 11 is 5.95. The molecule has 1 N–H and O–H groups in total. The van der Waals surface area contributed by atoms with Gasteiger partial charge in [0.2, 0.25) is 0 Å². The average molecular weight is 200 g/mol. The molecule has 1 aromatic heterocycles. The molecule has 0 aromatic carbocycles. The van der Waals surface area contributed by atoms with Crippen molar-refractivity contribution in [2.75, 3.05) is 0 Å². The molecule has 0 bridgehead atoms. The van der Waals surface area contributed by atoms with Gasteiger partial charge in [0, 0.05) is 12.1 Å². The predicted molar refractivity (Wildman–Crippen MR) is 54.0 cm³/mol. The lowest BCUT2D eigenvalue weighted by molar-refractivity contribution is 0.143. The van der Waals surface area contributed by atoms with Gasteiger partial charge in [-0.25, -0.2) is 0 Å². The lowest BCUT2D eigenvalue weighted by atomic mass is 9.98. The van der Waals surface area contributed by atoms with Crippen LogP contribution in [-0.2, 0) is 0 Å². The van der Waals surface area contributed by atoms with E-state index >= 15 is 0 Å². The smallest absolute Gasteiger partial charge is 0.0643 e. The first kappa shape index (κ1) is 10.5. The monoisotopic (exact) mass is 199 g/mol. The van der Waals surface area contributed by atoms with E-state index in [0.29, 0.717) is 11.4 Å². The zero-order valence-corrected chi connectivity index (χ0v) is 8.62. The lowest BCUT2D eigenvalue weighted by Gasteiger charge is -2.17. The number of pyridine rings is 1. The second kappa shape index (κ2) is 4.58. The van der Waals surface area contributed by atoms with E-state index < -0.39 is 0 Å². The van der Waals surface area contributed by atoms with Gasteiger partial charge < -0.3 is 5.11 Å². The molecule has 0 aliphatic heterocycles. The Labute approximate surface area is 83.6 Å². The molecule has 1 aromatic rings. The standard InChI is InChI=1S/C10H14ClNO/c1-3-9(13)7(2)10-8(11)5-4-6-12-10/h4-7,9,13H,3H2,1-2H3. The number of hydrogen-bond acceptors (Lipinski definition) is 2. The maximum absolute atomic E-state index is 9.61. The van der Waals surface area contributed by atoms with Crippen LogP contribution in [0.25, 0.3) is 0 Å². The molecule has 1 rings (SSSR count). The van der Waals surface area contributed by atoms with E-state index in [1.165, 1.54) is 0 Å². The minimum Gasteiger partial charge on any atom is -0.392 e. The molecule has 3 heteroatoms. The van der Waals surface area contributed by atoms with Crippen LogP contribution < -0.4 is 0 Å². The number of aliphatic hydroxyl groups excluding tert-OH is 1. The van der Waals surface area contributed by atoms with Crippen molar-refractivity contribution in [2.45, 2.75) is 32.3 Å². The summed E-state index contributed by atoms with van der Waals surface area (Å²) in [6, 6.07) is 3.58. The van der Waals surface area contributed by atoms with Crippen molar-refractivity contribution in [1.82, 2.24) is 4.98 Å². The van der Waals surface area contributed by atoms with Crippen molar-refractivity contribution < 1.29 is 5.11 Å². The van der Waals surface area contributed by atoms with Crippen molar-refractivity contribution in [3.05, 3.63) is 29.0 Å². The van der Waals surface area contributed by atoms with Crippen LogP contribution in [0, 0.1) is 0 Å². The largest absolute Gasteiger partial charge is 0.392 e. The van der Waals surface area contributed by atoms with E-state index in [-0.39, 0.29) is 12.0 Å². The molecule has 2 nitrogen and oxygen atoms in total. The van der Waals surface area contributed by atoms with Gasteiger partial charge >= 0.3 is 0 Å². The van der Waals surface area contributed by atoms with Gasteiger partial charge in [-0.2, -0.15) is 0 Å². The minimum absolute atomic E-state index is 0.00120. The first-order valence-corrected chi connectivity index (χ1v) is 4.83. The number of hydrogen-bond donors (Lipinski definition) is 1. The molecule has 0 aliphatic carbocycles. The Bertz CT molecular complexity index is 277. The fourth-order valence-electron chi connectivity index (χ4n) is 1.27. The van der Waals surface area contributed by atoms with E-state index in [1.54, 1.807) is 18.3 Å². The molecule has 0 saturated heterocycles. The number of rotatable bonds is 3. The Morgan fingerprint density at radius 3 is 2.85 bits per heavy atom. The maximum Gasteiger partial charge on any atom is 0.0643 e. The van der Waals surface area contributed by atoms with Crippen LogP contribution in [0.15, 0.2) is 18.3 Å². The summed E-state index contributed by atoms with van der Waals surface area (Å²) in [5.74, 6) is -0.00120. The zero-order valence-electron chi connectivity index (χ0n) is 7.87. The second-order valence-corrected chi connectivity index (χ2v) is 3.54. The van der Waals surface area contributed by atoms with Crippen LogP contribution in [0.3, 0.4) is 0 Å². The summed E-state index contributed by atoms with van der Waals surface area (Å²) in [7, 11) is 0. The molecule has 13 heavy (non-hydrogen) atoms. The van der Waals surface area contributed by atoms with Gasteiger partial charge in [-0.1, -0.05) is 25.4 Å².